The van der Waals surface area contributed by atoms with E-state index < -0.39 is 0 Å². The molecule has 0 aliphatic heterocycles. The van der Waals surface area contributed by atoms with Gasteiger partial charge >= 0.3 is 0 Å². The molecule has 1 heterocycles. The molecule has 42 valence electrons. The third-order valence-corrected chi connectivity index (χ3v) is 2.10. The van der Waals surface area contributed by atoms with Crippen LogP contribution in [-0.2, 0) is 0 Å². The van der Waals surface area contributed by atoms with Crippen LogP contribution in [0.1, 0.15) is 9.80 Å². The standard InChI is InChI=1S/C3HIN2OS/c4-2(7)3-6-5-1-8-3/h1H. The van der Waals surface area contributed by atoms with Crippen LogP contribution in [0.5, 0.6) is 0 Å². The zero-order valence-electron chi connectivity index (χ0n) is 3.67. The molecular formula is C3HIN2OS. The lowest BCUT2D eigenvalue weighted by Crippen LogP contribution is -1.83. The van der Waals surface area contributed by atoms with Gasteiger partial charge < -0.3 is 0 Å². The van der Waals surface area contributed by atoms with Crippen molar-refractivity contribution in [3.8, 4) is 0 Å². The molecule has 0 saturated carbocycles. The van der Waals surface area contributed by atoms with Gasteiger partial charge in [0.25, 0.3) is 3.79 Å². The second kappa shape index (κ2) is 2.49. The van der Waals surface area contributed by atoms with Crippen molar-refractivity contribution in [1.82, 2.24) is 10.2 Å². The van der Waals surface area contributed by atoms with E-state index in [9.17, 15) is 4.79 Å². The first kappa shape index (κ1) is 6.09. The van der Waals surface area contributed by atoms with Crippen LogP contribution >= 0.6 is 33.9 Å². The van der Waals surface area contributed by atoms with Gasteiger partial charge in [-0.3, -0.25) is 4.79 Å². The van der Waals surface area contributed by atoms with Gasteiger partial charge in [-0.15, -0.1) is 10.2 Å². The Balaban J connectivity index is 2.93. The molecule has 0 atom stereocenters. The van der Waals surface area contributed by atoms with E-state index in [-0.39, 0.29) is 3.79 Å². The largest absolute Gasteiger partial charge is 0.279 e. The fourth-order valence-electron chi connectivity index (χ4n) is 0.259. The minimum atomic E-state index is -0.0508. The molecule has 3 nitrogen and oxygen atoms in total. The number of hydrogen-bond acceptors (Lipinski definition) is 4. The van der Waals surface area contributed by atoms with Gasteiger partial charge in [-0.1, -0.05) is 11.3 Å². The van der Waals surface area contributed by atoms with E-state index >= 15 is 0 Å². The maximum Gasteiger partial charge on any atom is 0.252 e. The van der Waals surface area contributed by atoms with Crippen molar-refractivity contribution in [2.24, 2.45) is 0 Å². The first-order valence-electron chi connectivity index (χ1n) is 1.76. The van der Waals surface area contributed by atoms with Crippen LogP contribution < -0.4 is 0 Å². The number of nitrogens with zero attached hydrogens (tertiary/aromatic N) is 2. The van der Waals surface area contributed by atoms with Crippen LogP contribution in [0, 0.1) is 0 Å². The molecule has 0 aromatic carbocycles. The van der Waals surface area contributed by atoms with E-state index in [0.29, 0.717) is 5.01 Å². The monoisotopic (exact) mass is 240 g/mol. The van der Waals surface area contributed by atoms with Gasteiger partial charge in [-0.2, -0.15) is 0 Å². The summed E-state index contributed by atoms with van der Waals surface area (Å²) in [5.74, 6) is 0. The van der Waals surface area contributed by atoms with Crippen molar-refractivity contribution in [1.29, 1.82) is 0 Å². The smallest absolute Gasteiger partial charge is 0.252 e. The Bertz CT molecular complexity index is 185. The first-order chi connectivity index (χ1) is 3.80. The molecule has 1 aromatic heterocycles. The summed E-state index contributed by atoms with van der Waals surface area (Å²) in [5, 5.41) is 7.48. The van der Waals surface area contributed by atoms with E-state index in [2.05, 4.69) is 10.2 Å². The molecule has 0 aliphatic carbocycles. The van der Waals surface area contributed by atoms with Gasteiger partial charge in [0.15, 0.2) is 5.01 Å². The summed E-state index contributed by atoms with van der Waals surface area (Å²) in [5.41, 5.74) is 1.53. The Hall–Kier alpha value is -0.0400. The zero-order valence-corrected chi connectivity index (χ0v) is 6.64. The Morgan fingerprint density at radius 3 is 2.88 bits per heavy atom. The highest BCUT2D eigenvalue weighted by molar-refractivity contribution is 14.1. The van der Waals surface area contributed by atoms with Crippen LogP contribution in [0.2, 0.25) is 0 Å². The van der Waals surface area contributed by atoms with Gasteiger partial charge in [0, 0.05) is 22.6 Å². The topological polar surface area (TPSA) is 42.9 Å². The maximum absolute atomic E-state index is 10.4. The van der Waals surface area contributed by atoms with Crippen LogP contribution in [0.4, 0.5) is 0 Å². The molecular weight excluding hydrogens is 239 g/mol. The normalized spacial score (nSPS) is 9.12. The molecule has 0 aliphatic rings. The molecule has 5 heteroatoms. The SMILES string of the molecule is O=C(I)c1nncs1. The Morgan fingerprint density at radius 1 is 1.88 bits per heavy atom. The Morgan fingerprint density at radius 2 is 2.62 bits per heavy atom. The van der Waals surface area contributed by atoms with Crippen LogP contribution in [0.15, 0.2) is 5.51 Å². The summed E-state index contributed by atoms with van der Waals surface area (Å²) in [6, 6.07) is 0. The molecule has 0 unspecified atom stereocenters. The predicted octanol–water partition coefficient (Wildman–Crippen LogP) is 1.11. The molecule has 8 heavy (non-hydrogen) atoms. The first-order valence-corrected chi connectivity index (χ1v) is 3.72. The zero-order chi connectivity index (χ0) is 5.98. The summed E-state index contributed by atoms with van der Waals surface area (Å²) in [6.45, 7) is 0. The number of hydrogen-bond donors (Lipinski definition) is 0. The average molecular weight is 240 g/mol. The number of carbonyl (C=O) groups excluding carboxylic acids is 1. The second-order valence-electron chi connectivity index (χ2n) is 1.02. The quantitative estimate of drug-likeness (QED) is 0.545. The van der Waals surface area contributed by atoms with Crippen molar-refractivity contribution in [2.45, 2.75) is 0 Å². The molecule has 0 spiro atoms. The molecule has 0 saturated heterocycles. The summed E-state index contributed by atoms with van der Waals surface area (Å²) in [7, 11) is 0. The third kappa shape index (κ3) is 1.22. The number of rotatable bonds is 1. The average Bonchev–Trinajstić information content (AvgIpc) is 2.12. The lowest BCUT2D eigenvalue weighted by atomic mass is 10.8. The molecule has 1 aromatic rings. The van der Waals surface area contributed by atoms with E-state index in [0.717, 1.165) is 0 Å². The molecule has 0 bridgehead atoms. The van der Waals surface area contributed by atoms with E-state index in [1.165, 1.54) is 16.8 Å². The molecule has 0 N–H and O–H groups in total. The van der Waals surface area contributed by atoms with Crippen molar-refractivity contribution in [3.63, 3.8) is 0 Å². The molecule has 1 rings (SSSR count). The Labute approximate surface area is 63.3 Å². The van der Waals surface area contributed by atoms with Gasteiger partial charge in [-0.05, 0) is 0 Å². The van der Waals surface area contributed by atoms with Crippen LogP contribution in [0.25, 0.3) is 0 Å². The van der Waals surface area contributed by atoms with Crippen molar-refractivity contribution >= 4 is 37.7 Å². The van der Waals surface area contributed by atoms with Gasteiger partial charge in [0.1, 0.15) is 5.51 Å². The lowest BCUT2D eigenvalue weighted by molar-refractivity contribution is 0.110. The summed E-state index contributed by atoms with van der Waals surface area (Å²) in [6.07, 6.45) is 0. The number of aromatic nitrogens is 2. The summed E-state index contributed by atoms with van der Waals surface area (Å²) >= 11 is 2.93. The van der Waals surface area contributed by atoms with Gasteiger partial charge in [0.2, 0.25) is 0 Å². The molecule has 0 radical (unpaired) electrons. The number of carbonyl (C=O) groups is 1. The van der Waals surface area contributed by atoms with E-state index in [1.807, 2.05) is 0 Å². The fraction of sp³-hybridized carbons (Fsp3) is 0. The Kier molecular flexibility index (Phi) is 1.90. The minimum Gasteiger partial charge on any atom is -0.279 e. The van der Waals surface area contributed by atoms with Crippen molar-refractivity contribution in [2.75, 3.05) is 0 Å². The van der Waals surface area contributed by atoms with E-state index in [1.54, 1.807) is 22.6 Å². The summed E-state index contributed by atoms with van der Waals surface area (Å²) < 4.78 is -0.0508. The van der Waals surface area contributed by atoms with Crippen molar-refractivity contribution in [3.05, 3.63) is 10.5 Å². The second-order valence-corrected chi connectivity index (χ2v) is 2.83. The fourth-order valence-corrected chi connectivity index (χ4v) is 1.13. The van der Waals surface area contributed by atoms with E-state index in [4.69, 9.17) is 0 Å². The predicted molar refractivity (Wildman–Crippen MR) is 38.3 cm³/mol. The molecule has 0 fully saturated rings. The molecule has 0 amide bonds. The highest BCUT2D eigenvalue weighted by Gasteiger charge is 2.01. The van der Waals surface area contributed by atoms with Gasteiger partial charge in [0.05, 0.1) is 0 Å². The minimum absolute atomic E-state index is 0.0508. The van der Waals surface area contributed by atoms with Crippen molar-refractivity contribution < 1.29 is 4.79 Å². The van der Waals surface area contributed by atoms with Gasteiger partial charge in [-0.25, -0.2) is 0 Å². The highest BCUT2D eigenvalue weighted by Crippen LogP contribution is 2.05. The number of halogens is 1. The summed E-state index contributed by atoms with van der Waals surface area (Å²) in [4.78, 5) is 10.4. The van der Waals surface area contributed by atoms with Crippen LogP contribution in [-0.4, -0.2) is 14.0 Å². The third-order valence-electron chi connectivity index (χ3n) is 0.528. The highest BCUT2D eigenvalue weighted by atomic mass is 127. The maximum atomic E-state index is 10.4. The lowest BCUT2D eigenvalue weighted by Gasteiger charge is -1.73. The van der Waals surface area contributed by atoms with Crippen LogP contribution in [0.3, 0.4) is 0 Å².